The van der Waals surface area contributed by atoms with Crippen LogP contribution in [0.25, 0.3) is 0 Å². The lowest BCUT2D eigenvalue weighted by Crippen LogP contribution is -2.32. The molecule has 102 valence electrons. The first kappa shape index (κ1) is 15.2. The van der Waals surface area contributed by atoms with E-state index in [0.29, 0.717) is 0 Å². The molecular weight excluding hydrogens is 224 g/mol. The van der Waals surface area contributed by atoms with E-state index < -0.39 is 0 Å². The summed E-state index contributed by atoms with van der Waals surface area (Å²) in [6.45, 7) is 7.11. The Balaban J connectivity index is 2.13. The molecule has 1 aromatic carbocycles. The van der Waals surface area contributed by atoms with Gasteiger partial charge in [-0.05, 0) is 31.5 Å². The molecule has 0 amide bonds. The van der Waals surface area contributed by atoms with Crippen molar-refractivity contribution in [3.63, 3.8) is 0 Å². The van der Waals surface area contributed by atoms with Crippen LogP contribution in [0.2, 0.25) is 0 Å². The van der Waals surface area contributed by atoms with Crippen LogP contribution in [0.4, 0.5) is 0 Å². The van der Waals surface area contributed by atoms with Gasteiger partial charge in [0, 0.05) is 33.3 Å². The Hall–Kier alpha value is -0.900. The molecule has 18 heavy (non-hydrogen) atoms. The van der Waals surface area contributed by atoms with E-state index in [0.717, 1.165) is 39.2 Å². The monoisotopic (exact) mass is 250 g/mol. The van der Waals surface area contributed by atoms with Crippen molar-refractivity contribution in [3.05, 3.63) is 35.4 Å². The molecule has 0 unspecified atom stereocenters. The minimum absolute atomic E-state index is 0.785. The summed E-state index contributed by atoms with van der Waals surface area (Å²) in [6.07, 6.45) is 1.13. The Morgan fingerprint density at radius 1 is 1.17 bits per heavy atom. The molecule has 0 radical (unpaired) electrons. The number of nitrogens with one attached hydrogen (secondary N) is 1. The van der Waals surface area contributed by atoms with Crippen molar-refractivity contribution >= 4 is 0 Å². The van der Waals surface area contributed by atoms with Crippen LogP contribution in [-0.2, 0) is 11.2 Å². The van der Waals surface area contributed by atoms with Crippen molar-refractivity contribution < 1.29 is 4.74 Å². The third-order valence-corrected chi connectivity index (χ3v) is 3.18. The smallest absolute Gasteiger partial charge is 0.0587 e. The fourth-order valence-electron chi connectivity index (χ4n) is 1.88. The molecule has 0 heterocycles. The number of hydrogen-bond acceptors (Lipinski definition) is 3. The summed E-state index contributed by atoms with van der Waals surface area (Å²) >= 11 is 0. The average molecular weight is 250 g/mol. The Morgan fingerprint density at radius 3 is 2.67 bits per heavy atom. The van der Waals surface area contributed by atoms with Gasteiger partial charge in [-0.3, -0.25) is 0 Å². The van der Waals surface area contributed by atoms with Gasteiger partial charge in [-0.15, -0.1) is 0 Å². The van der Waals surface area contributed by atoms with Crippen molar-refractivity contribution in [1.29, 1.82) is 0 Å². The molecular formula is C15H26N2O. The Labute approximate surface area is 111 Å². The van der Waals surface area contributed by atoms with Gasteiger partial charge in [0.1, 0.15) is 0 Å². The summed E-state index contributed by atoms with van der Waals surface area (Å²) in [5, 5.41) is 3.36. The van der Waals surface area contributed by atoms with Crippen molar-refractivity contribution in [1.82, 2.24) is 10.2 Å². The Bertz CT molecular complexity index is 328. The minimum Gasteiger partial charge on any atom is -0.383 e. The van der Waals surface area contributed by atoms with E-state index in [9.17, 15) is 0 Å². The molecule has 3 nitrogen and oxygen atoms in total. The molecule has 0 saturated carbocycles. The van der Waals surface area contributed by atoms with Crippen molar-refractivity contribution in [2.24, 2.45) is 0 Å². The number of nitrogens with zero attached hydrogens (tertiary/aromatic N) is 1. The first-order valence-corrected chi connectivity index (χ1v) is 6.66. The highest BCUT2D eigenvalue weighted by Gasteiger charge is 2.01. The topological polar surface area (TPSA) is 24.5 Å². The zero-order valence-electron chi connectivity index (χ0n) is 11.9. The van der Waals surface area contributed by atoms with E-state index >= 15 is 0 Å². The minimum atomic E-state index is 0.785. The summed E-state index contributed by atoms with van der Waals surface area (Å²) in [6, 6.07) is 8.62. The quantitative estimate of drug-likeness (QED) is 0.675. The lowest BCUT2D eigenvalue weighted by atomic mass is 10.1. The third-order valence-electron chi connectivity index (χ3n) is 3.18. The second-order valence-electron chi connectivity index (χ2n) is 4.72. The van der Waals surface area contributed by atoms with E-state index in [-0.39, 0.29) is 0 Å². The SMILES string of the molecule is COCCNCCN(C)CCc1ccccc1C. The normalized spacial score (nSPS) is 11.1. The van der Waals surface area contributed by atoms with Crippen LogP contribution in [0.1, 0.15) is 11.1 Å². The highest BCUT2D eigenvalue weighted by Crippen LogP contribution is 2.07. The molecule has 0 aliphatic carbocycles. The number of aryl methyl sites for hydroxylation is 1. The molecule has 1 N–H and O–H groups in total. The van der Waals surface area contributed by atoms with E-state index in [2.05, 4.69) is 48.5 Å². The summed E-state index contributed by atoms with van der Waals surface area (Å²) in [4.78, 5) is 2.37. The number of benzene rings is 1. The third kappa shape index (κ3) is 6.15. The Kier molecular flexibility index (Phi) is 7.65. The van der Waals surface area contributed by atoms with Gasteiger partial charge < -0.3 is 15.0 Å². The lowest BCUT2D eigenvalue weighted by molar-refractivity contribution is 0.198. The zero-order chi connectivity index (χ0) is 13.2. The van der Waals surface area contributed by atoms with Crippen LogP contribution in [0, 0.1) is 6.92 Å². The first-order chi connectivity index (χ1) is 8.74. The molecule has 0 spiro atoms. The van der Waals surface area contributed by atoms with Gasteiger partial charge >= 0.3 is 0 Å². The highest BCUT2D eigenvalue weighted by molar-refractivity contribution is 5.25. The standard InChI is InChI=1S/C15H26N2O/c1-14-6-4-5-7-15(14)8-11-17(2)12-9-16-10-13-18-3/h4-7,16H,8-13H2,1-3H3. The van der Waals surface area contributed by atoms with Crippen molar-refractivity contribution in [2.45, 2.75) is 13.3 Å². The largest absolute Gasteiger partial charge is 0.383 e. The molecule has 1 rings (SSSR count). The van der Waals surface area contributed by atoms with Crippen LogP contribution in [0.3, 0.4) is 0 Å². The van der Waals surface area contributed by atoms with Gasteiger partial charge in [0.15, 0.2) is 0 Å². The number of methoxy groups -OCH3 is 1. The molecule has 0 aliphatic heterocycles. The van der Waals surface area contributed by atoms with Gasteiger partial charge in [-0.1, -0.05) is 24.3 Å². The Morgan fingerprint density at radius 2 is 1.94 bits per heavy atom. The van der Waals surface area contributed by atoms with E-state index in [1.54, 1.807) is 7.11 Å². The predicted molar refractivity (Wildman–Crippen MR) is 77.1 cm³/mol. The summed E-state index contributed by atoms with van der Waals surface area (Å²) in [7, 11) is 3.91. The average Bonchev–Trinajstić information content (AvgIpc) is 2.37. The van der Waals surface area contributed by atoms with E-state index in [1.165, 1.54) is 11.1 Å². The summed E-state index contributed by atoms with van der Waals surface area (Å²) < 4.78 is 4.99. The molecule has 0 saturated heterocycles. The van der Waals surface area contributed by atoms with Gasteiger partial charge in [-0.2, -0.15) is 0 Å². The molecule has 0 fully saturated rings. The molecule has 3 heteroatoms. The molecule has 0 aromatic heterocycles. The van der Waals surface area contributed by atoms with Crippen LogP contribution >= 0.6 is 0 Å². The van der Waals surface area contributed by atoms with Gasteiger partial charge in [0.2, 0.25) is 0 Å². The molecule has 1 aromatic rings. The highest BCUT2D eigenvalue weighted by atomic mass is 16.5. The molecule has 0 bridgehead atoms. The number of hydrogen-bond donors (Lipinski definition) is 1. The fourth-order valence-corrected chi connectivity index (χ4v) is 1.88. The molecule has 0 aliphatic rings. The maximum absolute atomic E-state index is 4.99. The molecule has 0 atom stereocenters. The number of ether oxygens (including phenoxy) is 1. The zero-order valence-corrected chi connectivity index (χ0v) is 11.9. The van der Waals surface area contributed by atoms with Crippen molar-refractivity contribution in [2.75, 3.05) is 46.9 Å². The summed E-state index contributed by atoms with van der Waals surface area (Å²) in [5.74, 6) is 0. The van der Waals surface area contributed by atoms with Gasteiger partial charge in [0.05, 0.1) is 6.61 Å². The maximum Gasteiger partial charge on any atom is 0.0587 e. The van der Waals surface area contributed by atoms with Crippen LogP contribution < -0.4 is 5.32 Å². The van der Waals surface area contributed by atoms with Crippen LogP contribution in [0.15, 0.2) is 24.3 Å². The predicted octanol–water partition coefficient (Wildman–Crippen LogP) is 1.71. The second kappa shape index (κ2) is 9.09. The number of rotatable bonds is 9. The second-order valence-corrected chi connectivity index (χ2v) is 4.72. The van der Waals surface area contributed by atoms with E-state index in [1.807, 2.05) is 0 Å². The van der Waals surface area contributed by atoms with Crippen LogP contribution in [0.5, 0.6) is 0 Å². The van der Waals surface area contributed by atoms with Crippen molar-refractivity contribution in [3.8, 4) is 0 Å². The van der Waals surface area contributed by atoms with E-state index in [4.69, 9.17) is 4.74 Å². The number of likely N-dealkylation sites (N-methyl/N-ethyl adjacent to an activating group) is 1. The fraction of sp³-hybridized carbons (Fsp3) is 0.600. The van der Waals surface area contributed by atoms with Gasteiger partial charge in [-0.25, -0.2) is 0 Å². The lowest BCUT2D eigenvalue weighted by Gasteiger charge is -2.17. The summed E-state index contributed by atoms with van der Waals surface area (Å²) in [5.41, 5.74) is 2.85. The maximum atomic E-state index is 4.99. The first-order valence-electron chi connectivity index (χ1n) is 6.66. The van der Waals surface area contributed by atoms with Gasteiger partial charge in [0.25, 0.3) is 0 Å². The van der Waals surface area contributed by atoms with Crippen LogP contribution in [-0.4, -0.2) is 51.8 Å².